The Labute approximate surface area is 179 Å². The Morgan fingerprint density at radius 1 is 1.07 bits per heavy atom. The number of carbonyl (C=O) groups is 1. The van der Waals surface area contributed by atoms with Crippen molar-refractivity contribution in [1.82, 2.24) is 14.9 Å². The predicted molar refractivity (Wildman–Crippen MR) is 122 cm³/mol. The van der Waals surface area contributed by atoms with Crippen molar-refractivity contribution in [2.45, 2.75) is 53.0 Å². The maximum atomic E-state index is 11.8. The van der Waals surface area contributed by atoms with Crippen LogP contribution in [0.5, 0.6) is 5.75 Å². The standard InChI is InChI=1S/C25H33N3O2/c1-18(2)20-10-12-21(13-11-20)30-17-7-16-28-23-9-6-5-8-22(23)27-24(28)14-15-26-25(29)19(3)4/h5-6,8-13,18-19H,7,14-17H2,1-4H3,(H,26,29). The minimum Gasteiger partial charge on any atom is -0.494 e. The third-order valence-corrected chi connectivity index (χ3v) is 5.25. The quantitative estimate of drug-likeness (QED) is 0.484. The van der Waals surface area contributed by atoms with Crippen LogP contribution in [-0.2, 0) is 17.8 Å². The Hall–Kier alpha value is -2.82. The zero-order valence-electron chi connectivity index (χ0n) is 18.5. The fraction of sp³-hybridized carbons (Fsp3) is 0.440. The fourth-order valence-corrected chi connectivity index (χ4v) is 3.43. The van der Waals surface area contributed by atoms with Crippen LogP contribution >= 0.6 is 0 Å². The summed E-state index contributed by atoms with van der Waals surface area (Å²) in [6.07, 6.45) is 1.60. The van der Waals surface area contributed by atoms with Gasteiger partial charge in [0.05, 0.1) is 17.6 Å². The van der Waals surface area contributed by atoms with E-state index in [-0.39, 0.29) is 11.8 Å². The van der Waals surface area contributed by atoms with Gasteiger partial charge in [0.2, 0.25) is 5.91 Å². The van der Waals surface area contributed by atoms with Crippen LogP contribution < -0.4 is 10.1 Å². The molecule has 0 aliphatic carbocycles. The van der Waals surface area contributed by atoms with Crippen molar-refractivity contribution in [2.75, 3.05) is 13.2 Å². The molecule has 3 aromatic rings. The zero-order chi connectivity index (χ0) is 21.5. The van der Waals surface area contributed by atoms with Crippen LogP contribution in [0.4, 0.5) is 0 Å². The summed E-state index contributed by atoms with van der Waals surface area (Å²) in [6, 6.07) is 16.5. The van der Waals surface area contributed by atoms with Gasteiger partial charge in [-0.25, -0.2) is 4.98 Å². The normalized spacial score (nSPS) is 11.4. The molecule has 0 atom stereocenters. The molecule has 0 bridgehead atoms. The number of benzene rings is 2. The molecule has 0 fully saturated rings. The Morgan fingerprint density at radius 3 is 2.50 bits per heavy atom. The summed E-state index contributed by atoms with van der Waals surface area (Å²) in [6.45, 7) is 10.3. The first-order valence-electron chi connectivity index (χ1n) is 10.9. The lowest BCUT2D eigenvalue weighted by molar-refractivity contribution is -0.123. The highest BCUT2D eigenvalue weighted by atomic mass is 16.5. The molecule has 0 aliphatic heterocycles. The number of rotatable bonds is 10. The van der Waals surface area contributed by atoms with Gasteiger partial charge in [-0.15, -0.1) is 0 Å². The predicted octanol–water partition coefficient (Wildman–Crippen LogP) is 4.94. The summed E-state index contributed by atoms with van der Waals surface area (Å²) in [5.41, 5.74) is 3.44. The first-order valence-corrected chi connectivity index (χ1v) is 10.9. The SMILES string of the molecule is CC(C)C(=O)NCCc1nc2ccccc2n1CCCOc1ccc(C(C)C)cc1. The average Bonchev–Trinajstić information content (AvgIpc) is 3.08. The van der Waals surface area contributed by atoms with E-state index in [1.807, 2.05) is 44.2 Å². The van der Waals surface area contributed by atoms with Crippen LogP contribution in [0.1, 0.15) is 51.4 Å². The molecule has 1 aromatic heterocycles. The highest BCUT2D eigenvalue weighted by Crippen LogP contribution is 2.20. The zero-order valence-corrected chi connectivity index (χ0v) is 18.5. The highest BCUT2D eigenvalue weighted by molar-refractivity contribution is 5.78. The number of ether oxygens (including phenoxy) is 1. The lowest BCUT2D eigenvalue weighted by Crippen LogP contribution is -2.30. The van der Waals surface area contributed by atoms with Gasteiger partial charge in [-0.1, -0.05) is 52.0 Å². The number of fused-ring (bicyclic) bond motifs is 1. The number of aromatic nitrogens is 2. The minimum absolute atomic E-state index is 0.00410. The van der Waals surface area contributed by atoms with Crippen LogP contribution in [0, 0.1) is 5.92 Å². The maximum absolute atomic E-state index is 11.8. The van der Waals surface area contributed by atoms with Crippen molar-refractivity contribution in [3.8, 4) is 5.75 Å². The fourth-order valence-electron chi connectivity index (χ4n) is 3.43. The molecule has 3 rings (SSSR count). The molecular formula is C25H33N3O2. The van der Waals surface area contributed by atoms with Gasteiger partial charge in [0.15, 0.2) is 0 Å². The van der Waals surface area contributed by atoms with E-state index >= 15 is 0 Å². The van der Waals surface area contributed by atoms with Gasteiger partial charge in [0.25, 0.3) is 0 Å². The van der Waals surface area contributed by atoms with Gasteiger partial charge >= 0.3 is 0 Å². The van der Waals surface area contributed by atoms with Gasteiger partial charge in [-0.2, -0.15) is 0 Å². The van der Waals surface area contributed by atoms with E-state index < -0.39 is 0 Å². The molecule has 30 heavy (non-hydrogen) atoms. The second-order valence-electron chi connectivity index (χ2n) is 8.29. The lowest BCUT2D eigenvalue weighted by Gasteiger charge is -2.12. The Kier molecular flexibility index (Phi) is 7.50. The van der Waals surface area contributed by atoms with Gasteiger partial charge < -0.3 is 14.6 Å². The second-order valence-corrected chi connectivity index (χ2v) is 8.29. The van der Waals surface area contributed by atoms with E-state index in [2.05, 4.69) is 41.9 Å². The number of carbonyl (C=O) groups excluding carboxylic acids is 1. The number of hydrogen-bond acceptors (Lipinski definition) is 3. The number of nitrogens with one attached hydrogen (secondary N) is 1. The second kappa shape index (κ2) is 10.3. The van der Waals surface area contributed by atoms with E-state index in [9.17, 15) is 4.79 Å². The van der Waals surface area contributed by atoms with Crippen molar-refractivity contribution in [3.63, 3.8) is 0 Å². The lowest BCUT2D eigenvalue weighted by atomic mass is 10.0. The maximum Gasteiger partial charge on any atom is 0.222 e. The van der Waals surface area contributed by atoms with Gasteiger partial charge in [-0.3, -0.25) is 4.79 Å². The summed E-state index contributed by atoms with van der Waals surface area (Å²) in [5, 5.41) is 2.99. The number of nitrogens with zero attached hydrogens (tertiary/aromatic N) is 2. The van der Waals surface area contributed by atoms with Crippen LogP contribution in [0.2, 0.25) is 0 Å². The number of imidazole rings is 1. The molecule has 0 unspecified atom stereocenters. The largest absolute Gasteiger partial charge is 0.494 e. The molecule has 0 radical (unpaired) electrons. The summed E-state index contributed by atoms with van der Waals surface area (Å²) in [5.74, 6) is 2.51. The van der Waals surface area contributed by atoms with Crippen LogP contribution in [0.3, 0.4) is 0 Å². The summed E-state index contributed by atoms with van der Waals surface area (Å²) in [4.78, 5) is 16.6. The Bertz CT molecular complexity index is 958. The highest BCUT2D eigenvalue weighted by Gasteiger charge is 2.12. The minimum atomic E-state index is -0.00410. The Morgan fingerprint density at radius 2 is 1.80 bits per heavy atom. The van der Waals surface area contributed by atoms with Crippen molar-refractivity contribution < 1.29 is 9.53 Å². The molecule has 0 saturated carbocycles. The van der Waals surface area contributed by atoms with Gasteiger partial charge in [-0.05, 0) is 42.2 Å². The molecule has 0 spiro atoms. The summed E-state index contributed by atoms with van der Waals surface area (Å²) in [7, 11) is 0. The molecule has 1 N–H and O–H groups in total. The molecule has 5 nitrogen and oxygen atoms in total. The van der Waals surface area contributed by atoms with E-state index in [1.54, 1.807) is 0 Å². The molecule has 0 saturated heterocycles. The third-order valence-electron chi connectivity index (χ3n) is 5.25. The van der Waals surface area contributed by atoms with Gasteiger partial charge in [0, 0.05) is 25.4 Å². The Balaban J connectivity index is 1.59. The van der Waals surface area contributed by atoms with E-state index in [0.29, 0.717) is 25.5 Å². The monoisotopic (exact) mass is 407 g/mol. The summed E-state index contributed by atoms with van der Waals surface area (Å²) < 4.78 is 8.19. The van der Waals surface area contributed by atoms with Crippen LogP contribution in [0.15, 0.2) is 48.5 Å². The molecule has 5 heteroatoms. The first kappa shape index (κ1) is 21.9. The number of amides is 1. The molecule has 2 aromatic carbocycles. The topological polar surface area (TPSA) is 56.2 Å². The van der Waals surface area contributed by atoms with E-state index in [4.69, 9.17) is 9.72 Å². The average molecular weight is 408 g/mol. The number of hydrogen-bond donors (Lipinski definition) is 1. The smallest absolute Gasteiger partial charge is 0.222 e. The van der Waals surface area contributed by atoms with Crippen molar-refractivity contribution in [1.29, 1.82) is 0 Å². The molecule has 160 valence electrons. The van der Waals surface area contributed by atoms with Crippen molar-refractivity contribution in [3.05, 3.63) is 59.9 Å². The first-order chi connectivity index (χ1) is 14.5. The summed E-state index contributed by atoms with van der Waals surface area (Å²) >= 11 is 0. The number of aryl methyl sites for hydroxylation is 1. The van der Waals surface area contributed by atoms with Gasteiger partial charge in [0.1, 0.15) is 11.6 Å². The molecule has 1 heterocycles. The van der Waals surface area contributed by atoms with Crippen molar-refractivity contribution >= 4 is 16.9 Å². The van der Waals surface area contributed by atoms with E-state index in [0.717, 1.165) is 35.6 Å². The third kappa shape index (κ3) is 5.62. The van der Waals surface area contributed by atoms with Crippen LogP contribution in [0.25, 0.3) is 11.0 Å². The number of para-hydroxylation sites is 2. The van der Waals surface area contributed by atoms with E-state index in [1.165, 1.54) is 5.56 Å². The molecular weight excluding hydrogens is 374 g/mol. The molecule has 1 amide bonds. The van der Waals surface area contributed by atoms with Crippen molar-refractivity contribution in [2.24, 2.45) is 5.92 Å². The van der Waals surface area contributed by atoms with Crippen LogP contribution in [-0.4, -0.2) is 28.6 Å². The molecule has 0 aliphatic rings.